The quantitative estimate of drug-likeness (QED) is 0.0735. The first-order chi connectivity index (χ1) is 23.7. The lowest BCUT2D eigenvalue weighted by atomic mass is 9.88. The Kier molecular flexibility index (Phi) is 16.8. The van der Waals surface area contributed by atoms with Crippen molar-refractivity contribution >= 4 is 19.9 Å². The smallest absolute Gasteiger partial charge is 0.311 e. The van der Waals surface area contributed by atoms with E-state index < -0.39 is 19.4 Å². The molecule has 1 saturated heterocycles. The highest BCUT2D eigenvalue weighted by Crippen LogP contribution is 2.42. The molecule has 51 heavy (non-hydrogen) atoms. The molecule has 0 aromatic heterocycles. The van der Waals surface area contributed by atoms with Crippen LogP contribution in [0.15, 0.2) is 60.2 Å². The van der Waals surface area contributed by atoms with Crippen molar-refractivity contribution in [1.29, 1.82) is 0 Å². The molecule has 4 atom stereocenters. The second kappa shape index (κ2) is 19.3. The van der Waals surface area contributed by atoms with Gasteiger partial charge >= 0.3 is 5.97 Å². The lowest BCUT2D eigenvalue weighted by Crippen LogP contribution is -2.50. The van der Waals surface area contributed by atoms with Gasteiger partial charge in [-0.3, -0.25) is 4.79 Å². The van der Waals surface area contributed by atoms with Crippen LogP contribution < -0.4 is 14.5 Å². The fourth-order valence-electron chi connectivity index (χ4n) is 5.66. The summed E-state index contributed by atoms with van der Waals surface area (Å²) in [6.45, 7) is 25.8. The number of ether oxygens (including phenoxy) is 6. The molecule has 0 radical (unpaired) electrons. The van der Waals surface area contributed by atoms with E-state index >= 15 is 0 Å². The fraction of sp³-hybridized carbons (Fsp3) is 0.643. The van der Waals surface area contributed by atoms with Crippen molar-refractivity contribution in [3.05, 3.63) is 65.8 Å². The summed E-state index contributed by atoms with van der Waals surface area (Å²) in [4.78, 5) is 15.8. The Hall–Kier alpha value is -2.85. The van der Waals surface area contributed by atoms with Crippen molar-refractivity contribution in [2.24, 2.45) is 11.3 Å². The van der Waals surface area contributed by atoms with Crippen LogP contribution >= 0.6 is 0 Å². The summed E-state index contributed by atoms with van der Waals surface area (Å²) in [6.07, 6.45) is 17.3. The van der Waals surface area contributed by atoms with Crippen LogP contribution in [0.1, 0.15) is 94.1 Å². The number of benzene rings is 1. The topological polar surface area (TPSA) is 84.5 Å². The van der Waals surface area contributed by atoms with Gasteiger partial charge in [-0.05, 0) is 77.5 Å². The van der Waals surface area contributed by atoms with Crippen LogP contribution in [0.5, 0.6) is 11.5 Å². The molecule has 0 spiro atoms. The third kappa shape index (κ3) is 13.9. The maximum Gasteiger partial charge on any atom is 0.311 e. The molecule has 1 fully saturated rings. The molecular weight excluding hydrogens is 659 g/mol. The molecule has 0 aliphatic carbocycles. The number of nitrogens with one attached hydrogen (secondary N) is 1. The van der Waals surface area contributed by atoms with Gasteiger partial charge in [-0.1, -0.05) is 83.3 Å². The summed E-state index contributed by atoms with van der Waals surface area (Å²) < 4.78 is 35.5. The predicted octanol–water partition coefficient (Wildman–Crippen LogP) is 10.2. The Labute approximate surface area is 311 Å². The van der Waals surface area contributed by atoms with Crippen LogP contribution in [0.4, 0.5) is 5.69 Å². The van der Waals surface area contributed by atoms with E-state index in [4.69, 9.17) is 28.4 Å². The number of anilines is 1. The molecule has 0 unspecified atom stereocenters. The van der Waals surface area contributed by atoms with E-state index in [1.54, 1.807) is 21.3 Å². The number of rotatable bonds is 17. The summed E-state index contributed by atoms with van der Waals surface area (Å²) in [5.41, 5.74) is 2.82. The molecule has 0 saturated carbocycles. The molecule has 0 amide bonds. The highest BCUT2D eigenvalue weighted by molar-refractivity contribution is 6.83. The Morgan fingerprint density at radius 3 is 2.25 bits per heavy atom. The van der Waals surface area contributed by atoms with Gasteiger partial charge < -0.3 is 33.4 Å². The Balaban J connectivity index is 2.05. The van der Waals surface area contributed by atoms with Gasteiger partial charge in [0.05, 0.1) is 50.2 Å². The zero-order valence-electron chi connectivity index (χ0n) is 34.4. The summed E-state index contributed by atoms with van der Waals surface area (Å²) in [5, 5.41) is 0.165. The van der Waals surface area contributed by atoms with Crippen LogP contribution in [-0.4, -0.2) is 66.2 Å². The molecule has 0 bridgehead atoms. The molecule has 9 heteroatoms. The fourth-order valence-corrected chi connectivity index (χ4v) is 6.89. The molecule has 1 N–H and O–H groups in total. The normalized spacial score (nSPS) is 21.0. The van der Waals surface area contributed by atoms with E-state index in [9.17, 15) is 4.79 Å². The maximum atomic E-state index is 12.0. The third-order valence-electron chi connectivity index (χ3n) is 9.85. The number of carbonyl (C=O) groups excluding carboxylic acids is 1. The van der Waals surface area contributed by atoms with Crippen LogP contribution in [0.25, 0.3) is 0 Å². The van der Waals surface area contributed by atoms with Gasteiger partial charge in [0, 0.05) is 31.1 Å². The van der Waals surface area contributed by atoms with Gasteiger partial charge in [0.1, 0.15) is 11.5 Å². The zero-order valence-corrected chi connectivity index (χ0v) is 35.4. The largest absolute Gasteiger partial charge is 0.497 e. The van der Waals surface area contributed by atoms with Crippen LogP contribution in [0.3, 0.4) is 0 Å². The molecule has 288 valence electrons. The number of esters is 1. The number of allylic oxidation sites excluding steroid dienone is 5. The van der Waals surface area contributed by atoms with Gasteiger partial charge in [0.2, 0.25) is 0 Å². The number of aryl methyl sites for hydroxylation is 1. The van der Waals surface area contributed by atoms with E-state index in [0.29, 0.717) is 13.0 Å². The van der Waals surface area contributed by atoms with Crippen molar-refractivity contribution in [3.63, 3.8) is 0 Å². The van der Waals surface area contributed by atoms with Gasteiger partial charge in [0.25, 0.3) is 0 Å². The average Bonchev–Trinajstić information content (AvgIpc) is 3.03. The molecule has 2 rings (SSSR count). The van der Waals surface area contributed by atoms with E-state index in [2.05, 4.69) is 77.0 Å². The molecule has 1 heterocycles. The number of carbonyl (C=O) groups is 1. The summed E-state index contributed by atoms with van der Waals surface area (Å²) in [6, 6.07) is 4.14. The van der Waals surface area contributed by atoms with Crippen LogP contribution in [-0.2, 0) is 30.2 Å². The standard InChI is InChI=1S/C42H69NO7Si/c1-30(22-21-23-32-28-34(46-12)29-35(38(32)47-13)43-51(14,15)41(6,7)8)37-31(2)36(49-42(9,10)50-37)25-20-18-16-17-19-24-33(45-11)26-27-48-39(44)40(3,4)5/h16-20,22,24,28-29,31,33,36-37,43H,21,23,25-27H2,1-15H3/b17-16+,20-18+,24-19+,30-22-/t31-,33-,36-,37-/m0/s1. The highest BCUT2D eigenvalue weighted by Gasteiger charge is 2.41. The van der Waals surface area contributed by atoms with E-state index in [1.807, 2.05) is 65.0 Å². The van der Waals surface area contributed by atoms with Crippen LogP contribution in [0.2, 0.25) is 18.1 Å². The van der Waals surface area contributed by atoms with E-state index in [1.165, 1.54) is 5.57 Å². The molecule has 1 aliphatic rings. The zero-order chi connectivity index (χ0) is 38.6. The van der Waals surface area contributed by atoms with Crippen LogP contribution in [0, 0.1) is 11.3 Å². The minimum atomic E-state index is -1.84. The second-order valence-corrected chi connectivity index (χ2v) is 21.7. The van der Waals surface area contributed by atoms with Gasteiger partial charge in [-0.2, -0.15) is 0 Å². The number of methoxy groups -OCH3 is 3. The highest BCUT2D eigenvalue weighted by atomic mass is 28.3. The minimum absolute atomic E-state index is 0.0124. The van der Waals surface area contributed by atoms with Crippen molar-refractivity contribution in [2.45, 2.75) is 137 Å². The number of hydrogen-bond acceptors (Lipinski definition) is 8. The molecule has 1 aromatic rings. The Morgan fingerprint density at radius 2 is 1.67 bits per heavy atom. The monoisotopic (exact) mass is 727 g/mol. The minimum Gasteiger partial charge on any atom is -0.497 e. The first-order valence-electron chi connectivity index (χ1n) is 18.4. The molecule has 8 nitrogen and oxygen atoms in total. The number of hydrogen-bond donors (Lipinski definition) is 1. The van der Waals surface area contributed by atoms with Crippen molar-refractivity contribution < 1.29 is 33.2 Å². The van der Waals surface area contributed by atoms with Gasteiger partial charge in [-0.15, -0.1) is 0 Å². The average molecular weight is 728 g/mol. The van der Waals surface area contributed by atoms with Gasteiger partial charge in [0.15, 0.2) is 14.0 Å². The summed E-state index contributed by atoms with van der Waals surface area (Å²) in [5.74, 6) is 0.985. The van der Waals surface area contributed by atoms with Gasteiger partial charge in [-0.25, -0.2) is 0 Å². The Morgan fingerprint density at radius 1 is 1.00 bits per heavy atom. The van der Waals surface area contributed by atoms with Crippen molar-refractivity contribution in [3.8, 4) is 11.5 Å². The maximum absolute atomic E-state index is 12.0. The molecule has 1 aromatic carbocycles. The SMILES string of the molecule is COc1cc(CC/C=C(/C)[C@@H]2OC(C)(C)O[C@@H](C/C=C/C=C/C=C/[C@@H](CCOC(=O)C(C)(C)C)OC)[C@@H]2C)c(OC)c(N[Si](C)(C)C(C)(C)C)c1. The molecular formula is C42H69NO7Si. The summed E-state index contributed by atoms with van der Waals surface area (Å²) in [7, 11) is 3.28. The lowest BCUT2D eigenvalue weighted by molar-refractivity contribution is -0.310. The first-order valence-corrected chi connectivity index (χ1v) is 21.4. The third-order valence-corrected chi connectivity index (χ3v) is 14.5. The van der Waals surface area contributed by atoms with Crippen molar-refractivity contribution in [2.75, 3.05) is 32.9 Å². The summed E-state index contributed by atoms with van der Waals surface area (Å²) >= 11 is 0. The van der Waals surface area contributed by atoms with Crippen molar-refractivity contribution in [1.82, 2.24) is 0 Å². The molecule has 1 aliphatic heterocycles. The second-order valence-electron chi connectivity index (χ2n) is 16.7. The van der Waals surface area contributed by atoms with E-state index in [0.717, 1.165) is 42.0 Å². The first kappa shape index (κ1) is 44.3. The predicted molar refractivity (Wildman–Crippen MR) is 213 cm³/mol. The lowest BCUT2D eigenvalue weighted by Gasteiger charge is -2.45. The Bertz CT molecular complexity index is 1380. The van der Waals surface area contributed by atoms with E-state index in [-0.39, 0.29) is 35.2 Å².